The van der Waals surface area contributed by atoms with Crippen molar-refractivity contribution >= 4 is 16.8 Å². The smallest absolute Gasteiger partial charge is 0.224 e. The van der Waals surface area contributed by atoms with Crippen molar-refractivity contribution in [2.75, 3.05) is 20.1 Å². The third-order valence-electron chi connectivity index (χ3n) is 4.18. The summed E-state index contributed by atoms with van der Waals surface area (Å²) in [6.45, 7) is 2.76. The van der Waals surface area contributed by atoms with E-state index in [0.29, 0.717) is 0 Å². The summed E-state index contributed by atoms with van der Waals surface area (Å²) >= 11 is 0. The number of rotatable bonds is 3. The first-order valence-electron chi connectivity index (χ1n) is 7.54. The van der Waals surface area contributed by atoms with E-state index >= 15 is 0 Å². The van der Waals surface area contributed by atoms with Crippen LogP contribution in [-0.4, -0.2) is 35.9 Å². The fourth-order valence-electron chi connectivity index (χ4n) is 3.08. The topological polar surface area (TPSA) is 45.2 Å². The van der Waals surface area contributed by atoms with Crippen molar-refractivity contribution < 1.29 is 4.79 Å². The van der Waals surface area contributed by atoms with E-state index in [1.807, 2.05) is 24.4 Å². The standard InChI is InChI=1S/C17H21N3O/c1-18-17(21)15-6-4-8-20(12-15)11-13-9-14-5-2-3-7-16(14)19-10-13/h2-3,5,7,9-10,15H,4,6,8,11-12H2,1H3,(H,18,21). The molecule has 1 aliphatic rings. The van der Waals surface area contributed by atoms with Crippen LogP contribution in [0.2, 0.25) is 0 Å². The Morgan fingerprint density at radius 3 is 3.14 bits per heavy atom. The normalized spacial score (nSPS) is 19.6. The first-order valence-corrected chi connectivity index (χ1v) is 7.54. The summed E-state index contributed by atoms with van der Waals surface area (Å²) in [5.41, 5.74) is 2.24. The molecule has 2 aromatic rings. The Hall–Kier alpha value is -1.94. The molecule has 1 aliphatic heterocycles. The molecule has 2 heterocycles. The summed E-state index contributed by atoms with van der Waals surface area (Å²) in [7, 11) is 1.72. The second-order valence-electron chi connectivity index (χ2n) is 5.72. The molecule has 110 valence electrons. The number of fused-ring (bicyclic) bond motifs is 1. The van der Waals surface area contributed by atoms with Crippen molar-refractivity contribution in [3.8, 4) is 0 Å². The van der Waals surface area contributed by atoms with Crippen LogP contribution in [0.15, 0.2) is 36.5 Å². The second-order valence-corrected chi connectivity index (χ2v) is 5.72. The third-order valence-corrected chi connectivity index (χ3v) is 4.18. The lowest BCUT2D eigenvalue weighted by molar-refractivity contribution is -0.126. The summed E-state index contributed by atoms with van der Waals surface area (Å²) in [6.07, 6.45) is 4.02. The molecule has 1 amide bonds. The van der Waals surface area contributed by atoms with Crippen LogP contribution >= 0.6 is 0 Å². The van der Waals surface area contributed by atoms with Gasteiger partial charge < -0.3 is 5.32 Å². The highest BCUT2D eigenvalue weighted by molar-refractivity contribution is 5.79. The molecule has 0 bridgehead atoms. The predicted molar refractivity (Wildman–Crippen MR) is 83.8 cm³/mol. The van der Waals surface area contributed by atoms with E-state index in [0.717, 1.165) is 38.0 Å². The van der Waals surface area contributed by atoms with Crippen LogP contribution in [0.1, 0.15) is 18.4 Å². The van der Waals surface area contributed by atoms with E-state index in [-0.39, 0.29) is 11.8 Å². The molecule has 1 atom stereocenters. The van der Waals surface area contributed by atoms with Crippen LogP contribution in [0.25, 0.3) is 10.9 Å². The minimum absolute atomic E-state index is 0.122. The molecule has 0 spiro atoms. The van der Waals surface area contributed by atoms with Gasteiger partial charge in [-0.05, 0) is 37.1 Å². The van der Waals surface area contributed by atoms with Gasteiger partial charge in [0.2, 0.25) is 5.91 Å². The number of hydrogen-bond acceptors (Lipinski definition) is 3. The maximum absolute atomic E-state index is 11.8. The lowest BCUT2D eigenvalue weighted by Gasteiger charge is -2.31. The number of benzene rings is 1. The molecule has 0 saturated carbocycles. The number of likely N-dealkylation sites (tertiary alicyclic amines) is 1. The fourth-order valence-corrected chi connectivity index (χ4v) is 3.08. The summed E-state index contributed by atoms with van der Waals surface area (Å²) in [5.74, 6) is 0.286. The number of carbonyl (C=O) groups excluding carboxylic acids is 1. The number of pyridine rings is 1. The van der Waals surface area contributed by atoms with Gasteiger partial charge in [-0.1, -0.05) is 18.2 Å². The molecule has 21 heavy (non-hydrogen) atoms. The minimum Gasteiger partial charge on any atom is -0.359 e. The summed E-state index contributed by atoms with van der Waals surface area (Å²) in [5, 5.41) is 3.94. The summed E-state index contributed by atoms with van der Waals surface area (Å²) < 4.78 is 0. The van der Waals surface area contributed by atoms with Crippen molar-refractivity contribution in [3.63, 3.8) is 0 Å². The van der Waals surface area contributed by atoms with Gasteiger partial charge in [-0.2, -0.15) is 0 Å². The number of carbonyl (C=O) groups is 1. The van der Waals surface area contributed by atoms with Crippen LogP contribution in [0.4, 0.5) is 0 Å². The molecule has 0 aliphatic carbocycles. The molecule has 1 aromatic carbocycles. The molecular weight excluding hydrogens is 262 g/mol. The molecule has 1 saturated heterocycles. The van der Waals surface area contributed by atoms with E-state index in [1.54, 1.807) is 7.05 Å². The van der Waals surface area contributed by atoms with Crippen molar-refractivity contribution in [2.24, 2.45) is 5.92 Å². The molecule has 1 fully saturated rings. The SMILES string of the molecule is CNC(=O)C1CCCN(Cc2cnc3ccccc3c2)C1. The number of aromatic nitrogens is 1. The molecule has 4 heteroatoms. The molecular formula is C17H21N3O. The molecule has 4 nitrogen and oxygen atoms in total. The predicted octanol–water partition coefficient (Wildman–Crippen LogP) is 2.19. The number of para-hydroxylation sites is 1. The van der Waals surface area contributed by atoms with Crippen molar-refractivity contribution in [1.82, 2.24) is 15.2 Å². The van der Waals surface area contributed by atoms with E-state index < -0.39 is 0 Å². The zero-order valence-electron chi connectivity index (χ0n) is 12.4. The Bertz CT molecular complexity index is 641. The first kappa shape index (κ1) is 14.0. The van der Waals surface area contributed by atoms with Crippen LogP contribution < -0.4 is 5.32 Å². The van der Waals surface area contributed by atoms with Crippen LogP contribution in [0, 0.1) is 5.92 Å². The van der Waals surface area contributed by atoms with Gasteiger partial charge in [0, 0.05) is 31.7 Å². The van der Waals surface area contributed by atoms with E-state index in [9.17, 15) is 4.79 Å². The van der Waals surface area contributed by atoms with Crippen molar-refractivity contribution in [1.29, 1.82) is 0 Å². The second kappa shape index (κ2) is 6.22. The largest absolute Gasteiger partial charge is 0.359 e. The zero-order valence-corrected chi connectivity index (χ0v) is 12.4. The van der Waals surface area contributed by atoms with Crippen LogP contribution in [-0.2, 0) is 11.3 Å². The Kier molecular flexibility index (Phi) is 4.15. The zero-order chi connectivity index (χ0) is 14.7. The van der Waals surface area contributed by atoms with Crippen LogP contribution in [0.5, 0.6) is 0 Å². The quantitative estimate of drug-likeness (QED) is 0.939. The fraction of sp³-hybridized carbons (Fsp3) is 0.412. The minimum atomic E-state index is 0.122. The van der Waals surface area contributed by atoms with Gasteiger partial charge in [0.05, 0.1) is 11.4 Å². The van der Waals surface area contributed by atoms with Gasteiger partial charge in [0.15, 0.2) is 0 Å². The molecule has 3 rings (SSSR count). The highest BCUT2D eigenvalue weighted by Crippen LogP contribution is 2.20. The molecule has 1 N–H and O–H groups in total. The third kappa shape index (κ3) is 3.22. The van der Waals surface area contributed by atoms with Gasteiger partial charge in [0.1, 0.15) is 0 Å². The average molecular weight is 283 g/mol. The monoisotopic (exact) mass is 283 g/mol. The summed E-state index contributed by atoms with van der Waals surface area (Å²) in [6, 6.07) is 10.4. The van der Waals surface area contributed by atoms with E-state index in [1.165, 1.54) is 10.9 Å². The lowest BCUT2D eigenvalue weighted by atomic mass is 9.97. The average Bonchev–Trinajstić information content (AvgIpc) is 2.54. The maximum atomic E-state index is 11.8. The van der Waals surface area contributed by atoms with E-state index in [2.05, 4.69) is 27.3 Å². The van der Waals surface area contributed by atoms with Crippen molar-refractivity contribution in [2.45, 2.75) is 19.4 Å². The van der Waals surface area contributed by atoms with Crippen molar-refractivity contribution in [3.05, 3.63) is 42.1 Å². The van der Waals surface area contributed by atoms with Gasteiger partial charge in [-0.3, -0.25) is 14.7 Å². The Morgan fingerprint density at radius 2 is 2.29 bits per heavy atom. The van der Waals surface area contributed by atoms with Gasteiger partial charge in [-0.15, -0.1) is 0 Å². The summed E-state index contributed by atoms with van der Waals surface area (Å²) in [4.78, 5) is 18.7. The first-order chi connectivity index (χ1) is 10.3. The Labute approximate surface area is 125 Å². The molecule has 1 unspecified atom stereocenters. The molecule has 1 aromatic heterocycles. The maximum Gasteiger partial charge on any atom is 0.224 e. The lowest BCUT2D eigenvalue weighted by Crippen LogP contribution is -2.41. The number of nitrogens with one attached hydrogen (secondary N) is 1. The molecule has 0 radical (unpaired) electrons. The number of hydrogen-bond donors (Lipinski definition) is 1. The number of piperidine rings is 1. The Morgan fingerprint density at radius 1 is 1.43 bits per heavy atom. The van der Waals surface area contributed by atoms with Gasteiger partial charge in [-0.25, -0.2) is 0 Å². The number of amides is 1. The van der Waals surface area contributed by atoms with E-state index in [4.69, 9.17) is 0 Å². The Balaban J connectivity index is 1.71. The highest BCUT2D eigenvalue weighted by atomic mass is 16.1. The highest BCUT2D eigenvalue weighted by Gasteiger charge is 2.24. The van der Waals surface area contributed by atoms with Gasteiger partial charge >= 0.3 is 0 Å². The number of nitrogens with zero attached hydrogens (tertiary/aromatic N) is 2. The van der Waals surface area contributed by atoms with Crippen LogP contribution in [0.3, 0.4) is 0 Å². The van der Waals surface area contributed by atoms with Gasteiger partial charge in [0.25, 0.3) is 0 Å².